The van der Waals surface area contributed by atoms with E-state index in [1.54, 1.807) is 30.3 Å². The highest BCUT2D eigenvalue weighted by atomic mass is 35.5. The molecule has 6 nitrogen and oxygen atoms in total. The first-order chi connectivity index (χ1) is 12.7. The highest BCUT2D eigenvalue weighted by Crippen LogP contribution is 2.30. The Kier molecular flexibility index (Phi) is 5.01. The monoisotopic (exact) mass is 389 g/mol. The van der Waals surface area contributed by atoms with E-state index in [4.69, 9.17) is 20.8 Å². The van der Waals surface area contributed by atoms with Crippen molar-refractivity contribution in [2.45, 2.75) is 0 Å². The van der Waals surface area contributed by atoms with Gasteiger partial charge in [0.15, 0.2) is 11.1 Å². The molecule has 0 aliphatic carbocycles. The van der Waals surface area contributed by atoms with Crippen LogP contribution in [0.25, 0.3) is 6.08 Å². The standard InChI is InChI=1S/C18H16ClN3O3S/c19-12-1-3-13(4-2-12)20-18-21-17(23)15(26-18)11-14-5-6-16(25-14)22-7-9-24-10-8-22/h1-6,11H,7-10H2,(H,20,21,23)/b15-11-. The number of hydrogen-bond acceptors (Lipinski definition) is 6. The molecule has 1 aromatic carbocycles. The van der Waals surface area contributed by atoms with Crippen molar-refractivity contribution in [3.63, 3.8) is 0 Å². The van der Waals surface area contributed by atoms with Crippen LogP contribution in [0, 0.1) is 0 Å². The number of nitrogens with one attached hydrogen (secondary N) is 1. The third-order valence-corrected chi connectivity index (χ3v) is 5.08. The molecule has 2 aromatic rings. The number of furan rings is 1. The highest BCUT2D eigenvalue weighted by molar-refractivity contribution is 8.18. The molecule has 0 spiro atoms. The van der Waals surface area contributed by atoms with Crippen molar-refractivity contribution in [1.29, 1.82) is 0 Å². The molecular formula is C18H16ClN3O3S. The molecule has 2 fully saturated rings. The van der Waals surface area contributed by atoms with Crippen molar-refractivity contribution in [2.24, 2.45) is 4.99 Å². The zero-order valence-electron chi connectivity index (χ0n) is 13.8. The third kappa shape index (κ3) is 3.95. The summed E-state index contributed by atoms with van der Waals surface area (Å²) in [4.78, 5) is 19.3. The third-order valence-electron chi connectivity index (χ3n) is 3.92. The molecule has 4 rings (SSSR count). The van der Waals surface area contributed by atoms with Gasteiger partial charge in [0, 0.05) is 30.3 Å². The van der Waals surface area contributed by atoms with Crippen molar-refractivity contribution < 1.29 is 13.9 Å². The molecule has 0 bridgehead atoms. The van der Waals surface area contributed by atoms with Crippen LogP contribution in [0.15, 0.2) is 50.7 Å². The normalized spacial score (nSPS) is 20.8. The first kappa shape index (κ1) is 17.2. The number of hydrogen-bond donors (Lipinski definition) is 1. The molecule has 134 valence electrons. The molecule has 0 radical (unpaired) electrons. The van der Waals surface area contributed by atoms with Crippen LogP contribution in [0.1, 0.15) is 5.76 Å². The van der Waals surface area contributed by atoms with Crippen molar-refractivity contribution in [3.05, 3.63) is 52.1 Å². The SMILES string of the molecule is O=C1NC(=Nc2ccc(Cl)cc2)S/C1=C\c1ccc(N2CCOCC2)o1. The van der Waals surface area contributed by atoms with Gasteiger partial charge in [0.25, 0.3) is 5.91 Å². The van der Waals surface area contributed by atoms with Crippen LogP contribution < -0.4 is 10.2 Å². The Labute approximate surface area is 159 Å². The molecule has 2 aliphatic rings. The molecule has 0 saturated carbocycles. The number of benzene rings is 1. The van der Waals surface area contributed by atoms with E-state index in [-0.39, 0.29) is 5.91 Å². The van der Waals surface area contributed by atoms with Crippen LogP contribution in [-0.4, -0.2) is 37.4 Å². The minimum atomic E-state index is -0.188. The van der Waals surface area contributed by atoms with Crippen LogP contribution >= 0.6 is 23.4 Å². The van der Waals surface area contributed by atoms with Gasteiger partial charge in [-0.2, -0.15) is 0 Å². The summed E-state index contributed by atoms with van der Waals surface area (Å²) in [5.41, 5.74) is 0.728. The Hall–Kier alpha value is -2.22. The van der Waals surface area contributed by atoms with E-state index in [0.717, 1.165) is 24.7 Å². The second-order valence-corrected chi connectivity index (χ2v) is 7.20. The number of aliphatic imine (C=N–C) groups is 1. The molecule has 0 atom stereocenters. The van der Waals surface area contributed by atoms with E-state index in [1.165, 1.54) is 11.8 Å². The molecule has 1 aromatic heterocycles. The van der Waals surface area contributed by atoms with Crippen molar-refractivity contribution in [3.8, 4) is 0 Å². The first-order valence-corrected chi connectivity index (χ1v) is 9.34. The predicted octanol–water partition coefficient (Wildman–Crippen LogP) is 3.66. The zero-order valence-corrected chi connectivity index (χ0v) is 15.3. The lowest BCUT2D eigenvalue weighted by molar-refractivity contribution is -0.115. The number of ether oxygens (including phenoxy) is 1. The Bertz CT molecular complexity index is 870. The summed E-state index contributed by atoms with van der Waals surface area (Å²) in [5.74, 6) is 1.24. The minimum Gasteiger partial charge on any atom is -0.441 e. The Morgan fingerprint density at radius 1 is 1.15 bits per heavy atom. The molecule has 2 saturated heterocycles. The Balaban J connectivity index is 1.48. The number of carbonyl (C=O) groups is 1. The lowest BCUT2D eigenvalue weighted by Gasteiger charge is -2.26. The lowest BCUT2D eigenvalue weighted by Crippen LogP contribution is -2.35. The lowest BCUT2D eigenvalue weighted by atomic mass is 10.3. The molecule has 8 heteroatoms. The summed E-state index contributed by atoms with van der Waals surface area (Å²) in [7, 11) is 0. The quantitative estimate of drug-likeness (QED) is 0.811. The van der Waals surface area contributed by atoms with Gasteiger partial charge < -0.3 is 19.4 Å². The first-order valence-electron chi connectivity index (χ1n) is 8.15. The highest BCUT2D eigenvalue weighted by Gasteiger charge is 2.24. The summed E-state index contributed by atoms with van der Waals surface area (Å²) in [5, 5.41) is 3.94. The number of morpholine rings is 1. The topological polar surface area (TPSA) is 67.1 Å². The second kappa shape index (κ2) is 7.57. The van der Waals surface area contributed by atoms with Gasteiger partial charge in [0.1, 0.15) is 5.76 Å². The number of thioether (sulfide) groups is 1. The predicted molar refractivity (Wildman–Crippen MR) is 104 cm³/mol. The van der Waals surface area contributed by atoms with Crippen LogP contribution in [0.5, 0.6) is 0 Å². The van der Waals surface area contributed by atoms with E-state index in [9.17, 15) is 4.79 Å². The number of rotatable bonds is 3. The number of anilines is 1. The summed E-state index contributed by atoms with van der Waals surface area (Å²) in [6.07, 6.45) is 1.73. The van der Waals surface area contributed by atoms with Gasteiger partial charge in [0.05, 0.1) is 23.8 Å². The van der Waals surface area contributed by atoms with Gasteiger partial charge in [-0.1, -0.05) is 11.6 Å². The van der Waals surface area contributed by atoms with Crippen LogP contribution in [0.3, 0.4) is 0 Å². The minimum absolute atomic E-state index is 0.188. The zero-order chi connectivity index (χ0) is 17.9. The number of nitrogens with zero attached hydrogens (tertiary/aromatic N) is 2. The van der Waals surface area contributed by atoms with Gasteiger partial charge in [-0.25, -0.2) is 4.99 Å². The fraction of sp³-hybridized carbons (Fsp3) is 0.222. The van der Waals surface area contributed by atoms with E-state index < -0.39 is 0 Å². The molecule has 1 N–H and O–H groups in total. The summed E-state index contributed by atoms with van der Waals surface area (Å²) in [6, 6.07) is 10.9. The molecule has 2 aliphatic heterocycles. The fourth-order valence-corrected chi connectivity index (χ4v) is 3.56. The number of carbonyl (C=O) groups excluding carboxylic acids is 1. The number of amides is 1. The second-order valence-electron chi connectivity index (χ2n) is 5.73. The average molecular weight is 390 g/mol. The maximum atomic E-state index is 12.2. The van der Waals surface area contributed by atoms with E-state index >= 15 is 0 Å². The summed E-state index contributed by atoms with van der Waals surface area (Å²) in [6.45, 7) is 2.99. The summed E-state index contributed by atoms with van der Waals surface area (Å²) >= 11 is 7.15. The van der Waals surface area contributed by atoms with E-state index in [2.05, 4.69) is 15.2 Å². The molecule has 1 amide bonds. The van der Waals surface area contributed by atoms with Crippen molar-refractivity contribution in [2.75, 3.05) is 31.2 Å². The summed E-state index contributed by atoms with van der Waals surface area (Å²) < 4.78 is 11.2. The molecular weight excluding hydrogens is 374 g/mol. The van der Waals surface area contributed by atoms with Crippen LogP contribution in [0.4, 0.5) is 11.6 Å². The Morgan fingerprint density at radius 2 is 1.92 bits per heavy atom. The van der Waals surface area contributed by atoms with Crippen molar-refractivity contribution >= 4 is 52.1 Å². The maximum Gasteiger partial charge on any atom is 0.264 e. The van der Waals surface area contributed by atoms with E-state index in [1.807, 2.05) is 12.1 Å². The van der Waals surface area contributed by atoms with Gasteiger partial charge in [-0.15, -0.1) is 0 Å². The van der Waals surface area contributed by atoms with Gasteiger partial charge in [-0.05, 0) is 42.1 Å². The van der Waals surface area contributed by atoms with Crippen LogP contribution in [0.2, 0.25) is 5.02 Å². The van der Waals surface area contributed by atoms with Gasteiger partial charge in [-0.3, -0.25) is 4.79 Å². The molecule has 3 heterocycles. The number of halogens is 1. The smallest absolute Gasteiger partial charge is 0.264 e. The molecule has 0 unspecified atom stereocenters. The Morgan fingerprint density at radius 3 is 2.69 bits per heavy atom. The molecule has 26 heavy (non-hydrogen) atoms. The van der Waals surface area contributed by atoms with Gasteiger partial charge >= 0.3 is 0 Å². The largest absolute Gasteiger partial charge is 0.441 e. The van der Waals surface area contributed by atoms with Crippen LogP contribution in [-0.2, 0) is 9.53 Å². The maximum absolute atomic E-state index is 12.2. The number of amidine groups is 1. The van der Waals surface area contributed by atoms with Gasteiger partial charge in [0.2, 0.25) is 0 Å². The fourth-order valence-electron chi connectivity index (χ4n) is 2.62. The average Bonchev–Trinajstić information content (AvgIpc) is 3.25. The van der Waals surface area contributed by atoms with E-state index in [0.29, 0.717) is 34.1 Å². The van der Waals surface area contributed by atoms with Crippen molar-refractivity contribution in [1.82, 2.24) is 5.32 Å².